The van der Waals surface area contributed by atoms with Crippen LogP contribution in [0.3, 0.4) is 0 Å². The number of hydrogen-bond donors (Lipinski definition) is 1. The monoisotopic (exact) mass is 649 g/mol. The molecule has 1 N–H and O–H groups in total. The van der Waals surface area contributed by atoms with E-state index in [0.717, 1.165) is 47.9 Å². The first-order valence-corrected chi connectivity index (χ1v) is 17.3. The summed E-state index contributed by atoms with van der Waals surface area (Å²) in [4.78, 5) is 13.7. The summed E-state index contributed by atoms with van der Waals surface area (Å²) in [5, 5.41) is 3.26. The van der Waals surface area contributed by atoms with E-state index in [-0.39, 0.29) is 18.4 Å². The van der Waals surface area contributed by atoms with Gasteiger partial charge in [-0.25, -0.2) is 0 Å². The van der Waals surface area contributed by atoms with Gasteiger partial charge in [0.2, 0.25) is 5.91 Å². The normalized spacial score (nSPS) is 23.0. The minimum Gasteiger partial charge on any atom is -0.374 e. The quantitative estimate of drug-likeness (QED) is 0.145. The molecular weight excluding hydrogens is 602 g/mol. The maximum absolute atomic E-state index is 13.7. The highest BCUT2D eigenvalue weighted by Crippen LogP contribution is 2.31. The molecule has 2 fully saturated rings. The average molecular weight is 650 g/mol. The molecule has 0 spiro atoms. The Morgan fingerprint density at radius 3 is 1.50 bits per heavy atom. The lowest BCUT2D eigenvalue weighted by Gasteiger charge is -2.46. The highest BCUT2D eigenvalue weighted by molar-refractivity contribution is 5.79. The Morgan fingerprint density at radius 1 is 0.562 bits per heavy atom. The molecule has 0 aromatic heterocycles. The average Bonchev–Trinajstić information content (AvgIpc) is 3.15. The van der Waals surface area contributed by atoms with Gasteiger partial charge in [-0.2, -0.15) is 0 Å². The summed E-state index contributed by atoms with van der Waals surface area (Å²) in [6.07, 6.45) is 2.00. The van der Waals surface area contributed by atoms with Gasteiger partial charge in [-0.05, 0) is 35.1 Å². The molecule has 48 heavy (non-hydrogen) atoms. The molecule has 0 radical (unpaired) electrons. The fraction of sp³-hybridized carbons (Fsp3) is 0.390. The van der Waals surface area contributed by atoms with Crippen molar-refractivity contribution in [2.75, 3.05) is 6.61 Å². The summed E-state index contributed by atoms with van der Waals surface area (Å²) < 4.78 is 33.2. The molecule has 1 saturated heterocycles. The molecule has 0 bridgehead atoms. The molecule has 4 aromatic rings. The third kappa shape index (κ3) is 9.84. The second-order valence-corrected chi connectivity index (χ2v) is 12.7. The van der Waals surface area contributed by atoms with Crippen molar-refractivity contribution in [2.45, 2.75) is 89.2 Å². The van der Waals surface area contributed by atoms with Gasteiger partial charge in [-0.1, -0.05) is 141 Å². The van der Waals surface area contributed by atoms with E-state index in [4.69, 9.17) is 23.7 Å². The van der Waals surface area contributed by atoms with Crippen LogP contribution >= 0.6 is 0 Å². The second kappa shape index (κ2) is 18.1. The summed E-state index contributed by atoms with van der Waals surface area (Å²) in [5.74, 6) is -0.0388. The highest BCUT2D eigenvalue weighted by Gasteiger charge is 2.49. The topological polar surface area (TPSA) is 75.3 Å². The molecule has 1 aliphatic heterocycles. The molecule has 1 amide bonds. The molecule has 2 aliphatic rings. The largest absolute Gasteiger partial charge is 0.374 e. The van der Waals surface area contributed by atoms with E-state index in [9.17, 15) is 4.79 Å². The first-order valence-electron chi connectivity index (χ1n) is 17.3. The highest BCUT2D eigenvalue weighted by atomic mass is 16.6. The van der Waals surface area contributed by atoms with Crippen LogP contribution in [0, 0.1) is 5.92 Å². The van der Waals surface area contributed by atoms with Crippen LogP contribution in [0.25, 0.3) is 0 Å². The first kappa shape index (κ1) is 34.0. The van der Waals surface area contributed by atoms with Gasteiger partial charge in [-0.3, -0.25) is 4.79 Å². The maximum atomic E-state index is 13.7. The fourth-order valence-electron chi connectivity index (χ4n) is 6.53. The SMILES string of the molecule is O=C(N[C@@H]1O[C@H](COCc2ccccc2)[C@@H](OCc2ccccc2)[C@H](OCc2ccccc2)[C@H]1OCc1ccccc1)C1CCCCC1. The van der Waals surface area contributed by atoms with Crippen molar-refractivity contribution in [1.82, 2.24) is 5.32 Å². The predicted octanol–water partition coefficient (Wildman–Crippen LogP) is 7.38. The van der Waals surface area contributed by atoms with Gasteiger partial charge < -0.3 is 29.0 Å². The van der Waals surface area contributed by atoms with Crippen LogP contribution in [-0.2, 0) is 54.9 Å². The van der Waals surface area contributed by atoms with Gasteiger partial charge in [0.05, 0.1) is 33.0 Å². The fourth-order valence-corrected chi connectivity index (χ4v) is 6.53. The van der Waals surface area contributed by atoms with Gasteiger partial charge in [-0.15, -0.1) is 0 Å². The Bertz CT molecular complexity index is 1480. The lowest BCUT2D eigenvalue weighted by atomic mass is 9.88. The molecule has 5 atom stereocenters. The summed E-state index contributed by atoms with van der Waals surface area (Å²) in [6.45, 7) is 1.72. The van der Waals surface area contributed by atoms with Crippen LogP contribution in [0.1, 0.15) is 54.4 Å². The van der Waals surface area contributed by atoms with Crippen LogP contribution in [0.2, 0.25) is 0 Å². The Kier molecular flexibility index (Phi) is 12.8. The Labute approximate surface area is 284 Å². The lowest BCUT2D eigenvalue weighted by Crippen LogP contribution is -2.65. The standard InChI is InChI=1S/C41H47NO6/c43-40(35-24-14-5-15-25-35)42-41-39(47-29-34-22-12-4-13-23-34)38(46-28-33-20-10-3-11-21-33)37(45-27-32-18-8-2-9-19-32)36(48-41)30-44-26-31-16-6-1-7-17-31/h1-4,6-13,16-23,35-39,41H,5,14-15,24-30H2,(H,42,43)/t36-,37-,38+,39-,41-/m1/s1. The van der Waals surface area contributed by atoms with Crippen molar-refractivity contribution >= 4 is 5.91 Å². The van der Waals surface area contributed by atoms with Crippen molar-refractivity contribution in [3.63, 3.8) is 0 Å². The van der Waals surface area contributed by atoms with Crippen LogP contribution in [0.4, 0.5) is 0 Å². The minimum atomic E-state index is -0.759. The number of nitrogens with one attached hydrogen (secondary N) is 1. The zero-order valence-electron chi connectivity index (χ0n) is 27.5. The van der Waals surface area contributed by atoms with E-state index in [1.807, 2.05) is 121 Å². The van der Waals surface area contributed by atoms with Crippen molar-refractivity contribution < 1.29 is 28.5 Å². The van der Waals surface area contributed by atoms with E-state index < -0.39 is 30.6 Å². The van der Waals surface area contributed by atoms with Gasteiger partial charge in [0.15, 0.2) is 6.23 Å². The number of benzene rings is 4. The third-order valence-electron chi connectivity index (χ3n) is 9.14. The zero-order valence-corrected chi connectivity index (χ0v) is 27.5. The van der Waals surface area contributed by atoms with Gasteiger partial charge >= 0.3 is 0 Å². The van der Waals surface area contributed by atoms with Crippen molar-refractivity contribution in [3.05, 3.63) is 144 Å². The van der Waals surface area contributed by atoms with Crippen LogP contribution in [0.15, 0.2) is 121 Å². The van der Waals surface area contributed by atoms with Crippen molar-refractivity contribution in [1.29, 1.82) is 0 Å². The minimum absolute atomic E-state index is 0.00225. The second-order valence-electron chi connectivity index (χ2n) is 12.7. The molecular formula is C41H47NO6. The van der Waals surface area contributed by atoms with Crippen LogP contribution in [-0.4, -0.2) is 43.2 Å². The molecule has 7 heteroatoms. The van der Waals surface area contributed by atoms with E-state index in [0.29, 0.717) is 26.4 Å². The Morgan fingerprint density at radius 2 is 1.00 bits per heavy atom. The summed E-state index contributed by atoms with van der Waals surface area (Å²) >= 11 is 0. The number of carbonyl (C=O) groups excluding carboxylic acids is 1. The van der Waals surface area contributed by atoms with Gasteiger partial charge in [0, 0.05) is 5.92 Å². The predicted molar refractivity (Wildman–Crippen MR) is 185 cm³/mol. The number of hydrogen-bond acceptors (Lipinski definition) is 6. The Balaban J connectivity index is 1.30. The molecule has 0 unspecified atom stereocenters. The zero-order chi connectivity index (χ0) is 32.8. The molecule has 1 heterocycles. The molecule has 252 valence electrons. The third-order valence-corrected chi connectivity index (χ3v) is 9.14. The summed E-state index contributed by atoms with van der Waals surface area (Å²) in [6, 6.07) is 40.3. The summed E-state index contributed by atoms with van der Waals surface area (Å²) in [5.41, 5.74) is 4.16. The maximum Gasteiger partial charge on any atom is 0.225 e. The van der Waals surface area contributed by atoms with Gasteiger partial charge in [0.25, 0.3) is 0 Å². The molecule has 7 nitrogen and oxygen atoms in total. The number of rotatable bonds is 15. The lowest BCUT2D eigenvalue weighted by molar-refractivity contribution is -0.277. The molecule has 1 saturated carbocycles. The number of amides is 1. The number of ether oxygens (including phenoxy) is 5. The smallest absolute Gasteiger partial charge is 0.225 e. The molecule has 1 aliphatic carbocycles. The van der Waals surface area contributed by atoms with Crippen LogP contribution < -0.4 is 5.32 Å². The molecule has 4 aromatic carbocycles. The van der Waals surface area contributed by atoms with E-state index in [1.165, 1.54) is 6.42 Å². The Hall–Kier alpha value is -3.85. The summed E-state index contributed by atoms with van der Waals surface area (Å²) in [7, 11) is 0. The first-order chi connectivity index (χ1) is 23.7. The van der Waals surface area contributed by atoms with E-state index >= 15 is 0 Å². The van der Waals surface area contributed by atoms with Crippen molar-refractivity contribution in [2.24, 2.45) is 5.92 Å². The van der Waals surface area contributed by atoms with E-state index in [1.54, 1.807) is 0 Å². The van der Waals surface area contributed by atoms with E-state index in [2.05, 4.69) is 5.32 Å². The number of carbonyl (C=O) groups is 1. The van der Waals surface area contributed by atoms with Crippen LogP contribution in [0.5, 0.6) is 0 Å². The van der Waals surface area contributed by atoms with Gasteiger partial charge in [0.1, 0.15) is 24.4 Å². The van der Waals surface area contributed by atoms with Crippen molar-refractivity contribution in [3.8, 4) is 0 Å². The molecule has 6 rings (SSSR count).